The average molecular weight is 479 g/mol. The summed E-state index contributed by atoms with van der Waals surface area (Å²) in [6.07, 6.45) is 10.1. The van der Waals surface area contributed by atoms with E-state index in [9.17, 15) is 0 Å². The lowest BCUT2D eigenvalue weighted by Gasteiger charge is -2.37. The van der Waals surface area contributed by atoms with Crippen molar-refractivity contribution in [1.29, 1.82) is 5.41 Å². The van der Waals surface area contributed by atoms with E-state index in [0.29, 0.717) is 12.0 Å². The zero-order chi connectivity index (χ0) is 25.5. The van der Waals surface area contributed by atoms with Gasteiger partial charge in [0.05, 0.1) is 0 Å². The maximum Gasteiger partial charge on any atom is 0.135 e. The van der Waals surface area contributed by atoms with Crippen molar-refractivity contribution in [3.63, 3.8) is 0 Å². The number of aromatic nitrogens is 1. The SMILES string of the molecule is C=C1NC(C)=CC(C)=C1Cc1cc(C2CCN(C(CCC)CCN)CC2)nc(NC(C)C)c1C=N. The highest BCUT2D eigenvalue weighted by molar-refractivity contribution is 5.87. The molecule has 5 N–H and O–H groups in total. The largest absolute Gasteiger partial charge is 0.367 e. The normalized spacial score (nSPS) is 18.5. The molecule has 1 fully saturated rings. The van der Waals surface area contributed by atoms with Crippen LogP contribution in [-0.4, -0.2) is 47.8 Å². The quantitative estimate of drug-likeness (QED) is 0.316. The summed E-state index contributed by atoms with van der Waals surface area (Å²) in [5.74, 6) is 1.26. The number of dihydropyridines is 1. The van der Waals surface area contributed by atoms with E-state index in [1.807, 2.05) is 0 Å². The Morgan fingerprint density at radius 2 is 2.00 bits per heavy atom. The highest BCUT2D eigenvalue weighted by Gasteiger charge is 2.27. The predicted octanol–water partition coefficient (Wildman–Crippen LogP) is 5.48. The monoisotopic (exact) mass is 478 g/mol. The van der Waals surface area contributed by atoms with Crippen LogP contribution in [0, 0.1) is 5.41 Å². The molecule has 0 saturated carbocycles. The lowest BCUT2D eigenvalue weighted by atomic mass is 9.88. The van der Waals surface area contributed by atoms with Crippen LogP contribution in [0.1, 0.15) is 89.5 Å². The van der Waals surface area contributed by atoms with Gasteiger partial charge in [0.1, 0.15) is 5.82 Å². The first-order valence-electron chi connectivity index (χ1n) is 13.4. The number of allylic oxidation sites excluding steroid dienone is 4. The zero-order valence-corrected chi connectivity index (χ0v) is 22.5. The van der Waals surface area contributed by atoms with Crippen LogP contribution in [0.3, 0.4) is 0 Å². The molecule has 1 saturated heterocycles. The van der Waals surface area contributed by atoms with Crippen LogP contribution in [0.4, 0.5) is 5.82 Å². The van der Waals surface area contributed by atoms with Crippen LogP contribution in [0.5, 0.6) is 0 Å². The van der Waals surface area contributed by atoms with Crippen molar-refractivity contribution in [2.75, 3.05) is 25.0 Å². The van der Waals surface area contributed by atoms with Crippen molar-refractivity contribution in [2.45, 2.75) is 91.1 Å². The molecule has 0 spiro atoms. The van der Waals surface area contributed by atoms with Gasteiger partial charge in [0, 0.05) is 53.3 Å². The molecular formula is C29H46N6. The van der Waals surface area contributed by atoms with Crippen LogP contribution in [0.25, 0.3) is 0 Å². The maximum atomic E-state index is 8.20. The molecule has 2 aliphatic rings. The van der Waals surface area contributed by atoms with Crippen LogP contribution < -0.4 is 16.4 Å². The number of nitrogens with two attached hydrogens (primary N) is 1. The van der Waals surface area contributed by atoms with E-state index >= 15 is 0 Å². The van der Waals surface area contributed by atoms with Gasteiger partial charge in [-0.1, -0.05) is 19.9 Å². The lowest BCUT2D eigenvalue weighted by Crippen LogP contribution is -2.42. The number of pyridine rings is 1. The van der Waals surface area contributed by atoms with Crippen LogP contribution in [-0.2, 0) is 6.42 Å². The third-order valence-corrected chi connectivity index (χ3v) is 7.31. The molecule has 3 rings (SSSR count). The molecule has 0 amide bonds. The molecule has 1 atom stereocenters. The Balaban J connectivity index is 1.91. The van der Waals surface area contributed by atoms with Gasteiger partial charge < -0.3 is 26.7 Å². The second-order valence-corrected chi connectivity index (χ2v) is 10.5. The van der Waals surface area contributed by atoms with E-state index < -0.39 is 0 Å². The van der Waals surface area contributed by atoms with E-state index in [4.69, 9.17) is 16.1 Å². The molecule has 6 heteroatoms. The van der Waals surface area contributed by atoms with Crippen molar-refractivity contribution < 1.29 is 0 Å². The van der Waals surface area contributed by atoms with Crippen LogP contribution in [0.15, 0.2) is 41.3 Å². The van der Waals surface area contributed by atoms with Gasteiger partial charge in [0.2, 0.25) is 0 Å². The number of rotatable bonds is 11. The zero-order valence-electron chi connectivity index (χ0n) is 22.5. The topological polar surface area (TPSA) is 90.1 Å². The summed E-state index contributed by atoms with van der Waals surface area (Å²) in [5.41, 5.74) is 13.6. The van der Waals surface area contributed by atoms with Gasteiger partial charge in [-0.15, -0.1) is 0 Å². The summed E-state index contributed by atoms with van der Waals surface area (Å²) in [7, 11) is 0. The van der Waals surface area contributed by atoms with Crippen LogP contribution >= 0.6 is 0 Å². The fourth-order valence-electron chi connectivity index (χ4n) is 5.56. The molecule has 2 aliphatic heterocycles. The summed E-state index contributed by atoms with van der Waals surface area (Å²) in [5, 5.41) is 15.1. The minimum absolute atomic E-state index is 0.245. The molecule has 35 heavy (non-hydrogen) atoms. The number of likely N-dealkylation sites (tertiary alicyclic amines) is 1. The van der Waals surface area contributed by atoms with Gasteiger partial charge in [-0.05, 0) is 102 Å². The van der Waals surface area contributed by atoms with E-state index in [1.165, 1.54) is 30.2 Å². The van der Waals surface area contributed by atoms with Crippen molar-refractivity contribution in [2.24, 2.45) is 5.73 Å². The molecule has 1 aromatic heterocycles. The fraction of sp³-hybridized carbons (Fsp3) is 0.586. The minimum atomic E-state index is 0.245. The fourth-order valence-corrected chi connectivity index (χ4v) is 5.56. The van der Waals surface area contributed by atoms with Crippen molar-refractivity contribution in [1.82, 2.24) is 15.2 Å². The average Bonchev–Trinajstić information content (AvgIpc) is 2.81. The van der Waals surface area contributed by atoms with E-state index in [0.717, 1.165) is 79.4 Å². The highest BCUT2D eigenvalue weighted by atomic mass is 15.2. The molecular weight excluding hydrogens is 432 g/mol. The predicted molar refractivity (Wildman–Crippen MR) is 149 cm³/mol. The highest BCUT2D eigenvalue weighted by Crippen LogP contribution is 2.33. The molecule has 6 nitrogen and oxygen atoms in total. The van der Waals surface area contributed by atoms with E-state index in [1.54, 1.807) is 0 Å². The number of nitrogens with one attached hydrogen (secondary N) is 3. The Bertz CT molecular complexity index is 960. The first-order chi connectivity index (χ1) is 16.8. The van der Waals surface area contributed by atoms with Gasteiger partial charge in [0.25, 0.3) is 0 Å². The van der Waals surface area contributed by atoms with E-state index in [2.05, 4.69) is 68.9 Å². The first-order valence-corrected chi connectivity index (χ1v) is 13.4. The molecule has 0 radical (unpaired) electrons. The number of piperidine rings is 1. The van der Waals surface area contributed by atoms with Gasteiger partial charge in [-0.25, -0.2) is 4.98 Å². The Morgan fingerprint density at radius 3 is 2.57 bits per heavy atom. The molecule has 1 unspecified atom stereocenters. The number of nitrogens with zero attached hydrogens (tertiary/aromatic N) is 2. The van der Waals surface area contributed by atoms with Crippen LogP contribution in [0.2, 0.25) is 0 Å². The number of hydrogen-bond acceptors (Lipinski definition) is 6. The maximum absolute atomic E-state index is 8.20. The molecule has 0 aromatic carbocycles. The first kappa shape index (κ1) is 27.2. The molecule has 1 aromatic rings. The van der Waals surface area contributed by atoms with Crippen molar-refractivity contribution in [3.8, 4) is 0 Å². The molecule has 3 heterocycles. The van der Waals surface area contributed by atoms with E-state index in [-0.39, 0.29) is 6.04 Å². The Hall–Kier alpha value is -2.44. The molecule has 192 valence electrons. The Morgan fingerprint density at radius 1 is 1.29 bits per heavy atom. The lowest BCUT2D eigenvalue weighted by molar-refractivity contribution is 0.137. The minimum Gasteiger partial charge on any atom is -0.367 e. The third-order valence-electron chi connectivity index (χ3n) is 7.31. The number of anilines is 1. The number of hydrogen-bond donors (Lipinski definition) is 4. The standard InChI is InChI=1S/C29H46N6/c1-7-8-25(9-12-30)35-13-10-23(11-14-35)28-17-24(27(18-31)29(34-28)32-19(2)3)16-26-20(4)15-21(5)33-22(26)6/h15,17-19,23,25,31,33H,6-14,16,30H2,1-5H3,(H,32,34). The van der Waals surface area contributed by atoms with Gasteiger partial charge in [-0.2, -0.15) is 0 Å². The summed E-state index contributed by atoms with van der Waals surface area (Å²) in [6.45, 7) is 18.0. The summed E-state index contributed by atoms with van der Waals surface area (Å²) >= 11 is 0. The van der Waals surface area contributed by atoms with Gasteiger partial charge in [-0.3, -0.25) is 0 Å². The summed E-state index contributed by atoms with van der Waals surface area (Å²) < 4.78 is 0. The van der Waals surface area contributed by atoms with Gasteiger partial charge in [0.15, 0.2) is 0 Å². The van der Waals surface area contributed by atoms with Crippen molar-refractivity contribution >= 4 is 12.0 Å². The molecule has 0 aliphatic carbocycles. The Kier molecular flexibility index (Phi) is 9.70. The third kappa shape index (κ3) is 6.83. The Labute approximate surface area is 212 Å². The summed E-state index contributed by atoms with van der Waals surface area (Å²) in [4.78, 5) is 7.73. The molecule has 0 bridgehead atoms. The second kappa shape index (κ2) is 12.5. The second-order valence-electron chi connectivity index (χ2n) is 10.5. The smallest absolute Gasteiger partial charge is 0.135 e. The van der Waals surface area contributed by atoms with Crippen molar-refractivity contribution in [3.05, 3.63) is 58.1 Å². The summed E-state index contributed by atoms with van der Waals surface area (Å²) in [6, 6.07) is 3.10. The van der Waals surface area contributed by atoms with Gasteiger partial charge >= 0.3 is 0 Å².